The first-order valence-electron chi connectivity index (χ1n) is 6.46. The lowest BCUT2D eigenvalue weighted by Crippen LogP contribution is -2.49. The van der Waals surface area contributed by atoms with E-state index in [0.717, 1.165) is 26.2 Å². The second-order valence-electron chi connectivity index (χ2n) is 4.67. The van der Waals surface area contributed by atoms with Crippen LogP contribution in [-0.4, -0.2) is 62.3 Å². The molecule has 1 heterocycles. The smallest absolute Gasteiger partial charge is 0.233 e. The van der Waals surface area contributed by atoms with Crippen molar-refractivity contribution in [3.8, 4) is 0 Å². The van der Waals surface area contributed by atoms with Gasteiger partial charge in [-0.2, -0.15) is 0 Å². The maximum absolute atomic E-state index is 11.2. The number of ether oxygens (including phenoxy) is 1. The Bertz CT molecular complexity index is 234. The summed E-state index contributed by atoms with van der Waals surface area (Å²) in [7, 11) is 0. The standard InChI is InChI=1S/C12H25N3O2/c1-4-14-12(16)8-13-7-11-9-15(10(2)3)5-6-17-11/h10-11,13H,4-9H2,1-3H3,(H,14,16). The summed E-state index contributed by atoms with van der Waals surface area (Å²) in [4.78, 5) is 13.6. The molecule has 0 bridgehead atoms. The number of likely N-dealkylation sites (N-methyl/N-ethyl adjacent to an activating group) is 1. The van der Waals surface area contributed by atoms with Crippen LogP contribution in [0, 0.1) is 0 Å². The van der Waals surface area contributed by atoms with Crippen LogP contribution in [0.15, 0.2) is 0 Å². The van der Waals surface area contributed by atoms with Gasteiger partial charge in [-0.1, -0.05) is 0 Å². The molecule has 1 atom stereocenters. The average Bonchev–Trinajstić information content (AvgIpc) is 2.30. The second-order valence-corrected chi connectivity index (χ2v) is 4.67. The zero-order valence-corrected chi connectivity index (χ0v) is 11.2. The van der Waals surface area contributed by atoms with Gasteiger partial charge in [0.15, 0.2) is 0 Å². The van der Waals surface area contributed by atoms with Crippen LogP contribution in [0.4, 0.5) is 0 Å². The normalized spacial score (nSPS) is 21.8. The number of rotatable bonds is 6. The van der Waals surface area contributed by atoms with Crippen LogP contribution in [0.1, 0.15) is 20.8 Å². The molecule has 1 unspecified atom stereocenters. The van der Waals surface area contributed by atoms with Crippen molar-refractivity contribution in [1.29, 1.82) is 0 Å². The third-order valence-electron chi connectivity index (χ3n) is 2.93. The molecule has 1 fully saturated rings. The van der Waals surface area contributed by atoms with Gasteiger partial charge in [-0.25, -0.2) is 0 Å². The van der Waals surface area contributed by atoms with E-state index in [1.165, 1.54) is 0 Å². The Kier molecular flexibility index (Phi) is 6.47. The fourth-order valence-electron chi connectivity index (χ4n) is 1.94. The van der Waals surface area contributed by atoms with E-state index in [0.29, 0.717) is 19.1 Å². The van der Waals surface area contributed by atoms with Crippen molar-refractivity contribution < 1.29 is 9.53 Å². The molecular formula is C12H25N3O2. The van der Waals surface area contributed by atoms with Gasteiger partial charge in [-0.3, -0.25) is 9.69 Å². The molecular weight excluding hydrogens is 218 g/mol. The topological polar surface area (TPSA) is 53.6 Å². The first-order valence-corrected chi connectivity index (χ1v) is 6.46. The van der Waals surface area contributed by atoms with Gasteiger partial charge in [0.2, 0.25) is 5.91 Å². The molecule has 0 radical (unpaired) electrons. The minimum atomic E-state index is 0.0454. The summed E-state index contributed by atoms with van der Waals surface area (Å²) in [6.45, 7) is 10.8. The molecule has 1 amide bonds. The molecule has 1 aliphatic rings. The summed E-state index contributed by atoms with van der Waals surface area (Å²) >= 11 is 0. The highest BCUT2D eigenvalue weighted by Crippen LogP contribution is 2.07. The van der Waals surface area contributed by atoms with Crippen molar-refractivity contribution in [1.82, 2.24) is 15.5 Å². The van der Waals surface area contributed by atoms with E-state index in [1.807, 2.05) is 6.92 Å². The number of amides is 1. The van der Waals surface area contributed by atoms with E-state index in [1.54, 1.807) is 0 Å². The van der Waals surface area contributed by atoms with Crippen LogP contribution in [0.25, 0.3) is 0 Å². The van der Waals surface area contributed by atoms with Crippen LogP contribution in [0.2, 0.25) is 0 Å². The molecule has 100 valence electrons. The lowest BCUT2D eigenvalue weighted by atomic mass is 10.2. The molecule has 5 heteroatoms. The lowest BCUT2D eigenvalue weighted by molar-refractivity contribution is -0.120. The number of carbonyl (C=O) groups excluding carboxylic acids is 1. The Balaban J connectivity index is 2.16. The highest BCUT2D eigenvalue weighted by Gasteiger charge is 2.21. The van der Waals surface area contributed by atoms with E-state index in [-0.39, 0.29) is 12.0 Å². The fraction of sp³-hybridized carbons (Fsp3) is 0.917. The highest BCUT2D eigenvalue weighted by molar-refractivity contribution is 5.77. The summed E-state index contributed by atoms with van der Waals surface area (Å²) in [5, 5.41) is 5.89. The van der Waals surface area contributed by atoms with E-state index < -0.39 is 0 Å². The lowest BCUT2D eigenvalue weighted by Gasteiger charge is -2.35. The Labute approximate surface area is 104 Å². The molecule has 2 N–H and O–H groups in total. The van der Waals surface area contributed by atoms with Gasteiger partial charge in [0, 0.05) is 32.2 Å². The quantitative estimate of drug-likeness (QED) is 0.679. The fourth-order valence-corrected chi connectivity index (χ4v) is 1.94. The summed E-state index contributed by atoms with van der Waals surface area (Å²) in [6, 6.07) is 0.560. The Morgan fingerprint density at radius 1 is 1.53 bits per heavy atom. The van der Waals surface area contributed by atoms with Crippen LogP contribution < -0.4 is 10.6 Å². The molecule has 1 rings (SSSR count). The van der Waals surface area contributed by atoms with Crippen molar-refractivity contribution in [3.05, 3.63) is 0 Å². The Hall–Kier alpha value is -0.650. The van der Waals surface area contributed by atoms with E-state index in [4.69, 9.17) is 4.74 Å². The minimum absolute atomic E-state index is 0.0454. The van der Waals surface area contributed by atoms with Crippen molar-refractivity contribution in [2.24, 2.45) is 0 Å². The molecule has 0 aliphatic carbocycles. The number of carbonyl (C=O) groups is 1. The number of nitrogens with one attached hydrogen (secondary N) is 2. The van der Waals surface area contributed by atoms with Crippen LogP contribution >= 0.6 is 0 Å². The van der Waals surface area contributed by atoms with Crippen LogP contribution in [-0.2, 0) is 9.53 Å². The molecule has 5 nitrogen and oxygen atoms in total. The summed E-state index contributed by atoms with van der Waals surface area (Å²) < 4.78 is 5.66. The molecule has 1 saturated heterocycles. The van der Waals surface area contributed by atoms with Crippen molar-refractivity contribution in [2.75, 3.05) is 39.3 Å². The summed E-state index contributed by atoms with van der Waals surface area (Å²) in [5.41, 5.74) is 0. The average molecular weight is 243 g/mol. The van der Waals surface area contributed by atoms with Crippen molar-refractivity contribution in [3.63, 3.8) is 0 Å². The summed E-state index contributed by atoms with van der Waals surface area (Å²) in [6.07, 6.45) is 0.195. The molecule has 0 aromatic rings. The molecule has 17 heavy (non-hydrogen) atoms. The molecule has 0 saturated carbocycles. The molecule has 0 aromatic heterocycles. The van der Waals surface area contributed by atoms with Gasteiger partial charge in [0.05, 0.1) is 19.3 Å². The van der Waals surface area contributed by atoms with Gasteiger partial charge >= 0.3 is 0 Å². The van der Waals surface area contributed by atoms with Gasteiger partial charge in [0.1, 0.15) is 0 Å². The van der Waals surface area contributed by atoms with E-state index in [9.17, 15) is 4.79 Å². The zero-order chi connectivity index (χ0) is 12.7. The van der Waals surface area contributed by atoms with Gasteiger partial charge in [-0.15, -0.1) is 0 Å². The van der Waals surface area contributed by atoms with E-state index in [2.05, 4.69) is 29.4 Å². The maximum Gasteiger partial charge on any atom is 0.233 e. The third-order valence-corrected chi connectivity index (χ3v) is 2.93. The predicted octanol–water partition coefficient (Wildman–Crippen LogP) is -0.179. The monoisotopic (exact) mass is 243 g/mol. The maximum atomic E-state index is 11.2. The Morgan fingerprint density at radius 3 is 2.94 bits per heavy atom. The number of nitrogens with zero attached hydrogens (tertiary/aromatic N) is 1. The number of morpholine rings is 1. The minimum Gasteiger partial charge on any atom is -0.374 e. The Morgan fingerprint density at radius 2 is 2.29 bits per heavy atom. The highest BCUT2D eigenvalue weighted by atomic mass is 16.5. The molecule has 0 spiro atoms. The molecule has 1 aliphatic heterocycles. The number of hydrogen-bond donors (Lipinski definition) is 2. The third kappa shape index (κ3) is 5.48. The van der Waals surface area contributed by atoms with Gasteiger partial charge in [0.25, 0.3) is 0 Å². The van der Waals surface area contributed by atoms with Crippen LogP contribution in [0.3, 0.4) is 0 Å². The largest absolute Gasteiger partial charge is 0.374 e. The second kappa shape index (κ2) is 7.63. The van der Waals surface area contributed by atoms with E-state index >= 15 is 0 Å². The summed E-state index contributed by atoms with van der Waals surface area (Å²) in [5.74, 6) is 0.0454. The zero-order valence-electron chi connectivity index (χ0n) is 11.2. The van der Waals surface area contributed by atoms with Gasteiger partial charge < -0.3 is 15.4 Å². The van der Waals surface area contributed by atoms with Gasteiger partial charge in [-0.05, 0) is 20.8 Å². The predicted molar refractivity (Wildman–Crippen MR) is 68.0 cm³/mol. The first kappa shape index (κ1) is 14.4. The van der Waals surface area contributed by atoms with Crippen molar-refractivity contribution >= 4 is 5.91 Å². The van der Waals surface area contributed by atoms with Crippen molar-refractivity contribution in [2.45, 2.75) is 32.9 Å². The van der Waals surface area contributed by atoms with Crippen LogP contribution in [0.5, 0.6) is 0 Å². The molecule has 0 aromatic carbocycles. The number of hydrogen-bond acceptors (Lipinski definition) is 4. The first-order chi connectivity index (χ1) is 8.13. The SMILES string of the molecule is CCNC(=O)CNCC1CN(C(C)C)CCO1.